The minimum absolute atomic E-state index is 0.0588. The fourth-order valence-electron chi connectivity index (χ4n) is 1.68. The highest BCUT2D eigenvalue weighted by molar-refractivity contribution is 9.10. The summed E-state index contributed by atoms with van der Waals surface area (Å²) in [5.74, 6) is -0.178. The Morgan fingerprint density at radius 2 is 1.95 bits per heavy atom. The maximum atomic E-state index is 13.5. The van der Waals surface area contributed by atoms with E-state index in [1.165, 1.54) is 6.07 Å². The zero-order chi connectivity index (χ0) is 13.8. The van der Waals surface area contributed by atoms with Gasteiger partial charge in [-0.25, -0.2) is 4.39 Å². The zero-order valence-corrected chi connectivity index (χ0v) is 12.3. The minimum atomic E-state index is -0.237. The molecular weight excluding hydrogens is 333 g/mol. The van der Waals surface area contributed by atoms with Gasteiger partial charge < -0.3 is 10.4 Å². The molecule has 0 atom stereocenters. The monoisotopic (exact) mass is 343 g/mol. The molecule has 0 radical (unpaired) electrons. The standard InChI is InChI=1S/C14H12BrClFNO/c15-11-2-3-13(17)10(6-11)8-18-7-9-1-4-14(19)12(16)5-9/h1-6,18-19H,7-8H2. The summed E-state index contributed by atoms with van der Waals surface area (Å²) in [6, 6.07) is 9.83. The number of phenols is 1. The topological polar surface area (TPSA) is 32.3 Å². The molecule has 0 fully saturated rings. The lowest BCUT2D eigenvalue weighted by Gasteiger charge is -2.07. The molecule has 2 aromatic carbocycles. The fourth-order valence-corrected chi connectivity index (χ4v) is 2.29. The van der Waals surface area contributed by atoms with Crippen molar-refractivity contribution >= 4 is 27.5 Å². The molecule has 0 bridgehead atoms. The lowest BCUT2D eigenvalue weighted by Crippen LogP contribution is -2.13. The molecule has 2 nitrogen and oxygen atoms in total. The molecule has 0 amide bonds. The van der Waals surface area contributed by atoms with Crippen LogP contribution in [0.1, 0.15) is 11.1 Å². The van der Waals surface area contributed by atoms with Crippen molar-refractivity contribution in [3.05, 3.63) is 62.8 Å². The molecule has 0 heterocycles. The molecule has 0 unspecified atom stereocenters. The predicted molar refractivity (Wildman–Crippen MR) is 77.8 cm³/mol. The van der Waals surface area contributed by atoms with Gasteiger partial charge in [0.1, 0.15) is 11.6 Å². The highest BCUT2D eigenvalue weighted by Crippen LogP contribution is 2.23. The number of rotatable bonds is 4. The van der Waals surface area contributed by atoms with Crippen LogP contribution in [-0.4, -0.2) is 5.11 Å². The van der Waals surface area contributed by atoms with E-state index in [-0.39, 0.29) is 11.6 Å². The summed E-state index contributed by atoms with van der Waals surface area (Å²) in [7, 11) is 0. The average molecular weight is 345 g/mol. The van der Waals surface area contributed by atoms with Gasteiger partial charge in [0.05, 0.1) is 5.02 Å². The minimum Gasteiger partial charge on any atom is -0.506 e. The third-order valence-corrected chi connectivity index (χ3v) is 3.46. The van der Waals surface area contributed by atoms with E-state index < -0.39 is 0 Å². The van der Waals surface area contributed by atoms with Gasteiger partial charge in [0.25, 0.3) is 0 Å². The van der Waals surface area contributed by atoms with E-state index in [1.54, 1.807) is 30.3 Å². The summed E-state index contributed by atoms with van der Waals surface area (Å²) >= 11 is 9.12. The lowest BCUT2D eigenvalue weighted by molar-refractivity contribution is 0.475. The first-order chi connectivity index (χ1) is 9.06. The van der Waals surface area contributed by atoms with Crippen molar-refractivity contribution in [1.82, 2.24) is 5.32 Å². The van der Waals surface area contributed by atoms with Crippen molar-refractivity contribution in [2.75, 3.05) is 0 Å². The second-order valence-corrected chi connectivity index (χ2v) is 5.45. The maximum Gasteiger partial charge on any atom is 0.134 e. The molecule has 0 saturated heterocycles. The Hall–Kier alpha value is -1.10. The van der Waals surface area contributed by atoms with Gasteiger partial charge in [0.15, 0.2) is 0 Å². The molecule has 0 aliphatic heterocycles. The Morgan fingerprint density at radius 1 is 1.16 bits per heavy atom. The van der Waals surface area contributed by atoms with Gasteiger partial charge in [-0.2, -0.15) is 0 Å². The van der Waals surface area contributed by atoms with Crippen LogP contribution in [-0.2, 0) is 13.1 Å². The van der Waals surface area contributed by atoms with Crippen molar-refractivity contribution in [3.8, 4) is 5.75 Å². The van der Waals surface area contributed by atoms with E-state index in [1.807, 2.05) is 0 Å². The Kier molecular flexibility index (Phi) is 4.80. The number of aromatic hydroxyl groups is 1. The van der Waals surface area contributed by atoms with Gasteiger partial charge in [0, 0.05) is 23.1 Å². The first kappa shape index (κ1) is 14.3. The Bertz CT molecular complexity index is 592. The molecule has 0 aliphatic carbocycles. The second kappa shape index (κ2) is 6.37. The molecule has 2 N–H and O–H groups in total. The van der Waals surface area contributed by atoms with Crippen LogP contribution in [0.15, 0.2) is 40.9 Å². The van der Waals surface area contributed by atoms with Gasteiger partial charge >= 0.3 is 0 Å². The smallest absolute Gasteiger partial charge is 0.134 e. The summed E-state index contributed by atoms with van der Waals surface area (Å²) in [5.41, 5.74) is 1.53. The summed E-state index contributed by atoms with van der Waals surface area (Å²) in [6.07, 6.45) is 0. The molecule has 2 rings (SSSR count). The predicted octanol–water partition coefficient (Wildman–Crippen LogP) is 4.24. The summed E-state index contributed by atoms with van der Waals surface area (Å²) < 4.78 is 14.3. The molecular formula is C14H12BrClFNO. The van der Waals surface area contributed by atoms with Gasteiger partial charge in [-0.3, -0.25) is 0 Å². The Morgan fingerprint density at radius 3 is 2.68 bits per heavy atom. The number of phenolic OH excluding ortho intramolecular Hbond substituents is 1. The largest absolute Gasteiger partial charge is 0.506 e. The van der Waals surface area contributed by atoms with Crippen LogP contribution in [0.2, 0.25) is 5.02 Å². The maximum absolute atomic E-state index is 13.5. The molecule has 0 aliphatic rings. The summed E-state index contributed by atoms with van der Waals surface area (Å²) in [4.78, 5) is 0. The van der Waals surface area contributed by atoms with Crippen molar-refractivity contribution in [1.29, 1.82) is 0 Å². The van der Waals surface area contributed by atoms with Gasteiger partial charge in [-0.15, -0.1) is 0 Å². The summed E-state index contributed by atoms with van der Waals surface area (Å²) in [6.45, 7) is 0.968. The number of halogens is 3. The normalized spacial score (nSPS) is 10.7. The van der Waals surface area contributed by atoms with E-state index in [4.69, 9.17) is 11.6 Å². The first-order valence-electron chi connectivity index (χ1n) is 5.68. The average Bonchev–Trinajstić information content (AvgIpc) is 2.38. The molecule has 100 valence electrons. The van der Waals surface area contributed by atoms with E-state index >= 15 is 0 Å². The van der Waals surface area contributed by atoms with Gasteiger partial charge in [-0.05, 0) is 35.9 Å². The SMILES string of the molecule is Oc1ccc(CNCc2cc(Br)ccc2F)cc1Cl. The van der Waals surface area contributed by atoms with Crippen LogP contribution in [0.5, 0.6) is 5.75 Å². The van der Waals surface area contributed by atoms with E-state index in [2.05, 4.69) is 21.2 Å². The van der Waals surface area contributed by atoms with Crippen molar-refractivity contribution in [2.45, 2.75) is 13.1 Å². The third-order valence-electron chi connectivity index (χ3n) is 2.66. The van der Waals surface area contributed by atoms with E-state index in [0.717, 1.165) is 10.0 Å². The molecule has 0 saturated carbocycles. The van der Waals surface area contributed by atoms with E-state index in [9.17, 15) is 9.50 Å². The molecule has 5 heteroatoms. The lowest BCUT2D eigenvalue weighted by atomic mass is 10.2. The van der Waals surface area contributed by atoms with Crippen LogP contribution >= 0.6 is 27.5 Å². The fraction of sp³-hybridized carbons (Fsp3) is 0.143. The van der Waals surface area contributed by atoms with Crippen LogP contribution in [0.4, 0.5) is 4.39 Å². The number of hydrogen-bond donors (Lipinski definition) is 2. The highest BCUT2D eigenvalue weighted by Gasteiger charge is 2.03. The van der Waals surface area contributed by atoms with Gasteiger partial charge in [-0.1, -0.05) is 33.6 Å². The molecule has 0 aromatic heterocycles. The number of nitrogens with one attached hydrogen (secondary N) is 1. The molecule has 0 spiro atoms. The van der Waals surface area contributed by atoms with E-state index in [0.29, 0.717) is 23.7 Å². The van der Waals surface area contributed by atoms with Crippen LogP contribution in [0, 0.1) is 5.82 Å². The molecule has 2 aromatic rings. The third kappa shape index (κ3) is 3.93. The van der Waals surface area contributed by atoms with Crippen LogP contribution in [0.3, 0.4) is 0 Å². The van der Waals surface area contributed by atoms with Gasteiger partial charge in [0.2, 0.25) is 0 Å². The Labute approximate surface area is 124 Å². The van der Waals surface area contributed by atoms with Crippen molar-refractivity contribution < 1.29 is 9.50 Å². The highest BCUT2D eigenvalue weighted by atomic mass is 79.9. The quantitative estimate of drug-likeness (QED) is 0.869. The number of hydrogen-bond acceptors (Lipinski definition) is 2. The summed E-state index contributed by atoms with van der Waals surface area (Å²) in [5, 5.41) is 12.8. The van der Waals surface area contributed by atoms with Crippen molar-refractivity contribution in [2.24, 2.45) is 0 Å². The van der Waals surface area contributed by atoms with Crippen LogP contribution in [0.25, 0.3) is 0 Å². The molecule has 19 heavy (non-hydrogen) atoms. The Balaban J connectivity index is 1.96. The van der Waals surface area contributed by atoms with Crippen LogP contribution < -0.4 is 5.32 Å². The van der Waals surface area contributed by atoms with Crippen molar-refractivity contribution in [3.63, 3.8) is 0 Å². The first-order valence-corrected chi connectivity index (χ1v) is 6.85. The second-order valence-electron chi connectivity index (χ2n) is 4.13. The zero-order valence-electron chi connectivity index (χ0n) is 9.96. The number of benzene rings is 2.